The van der Waals surface area contributed by atoms with Crippen LogP contribution in [0.15, 0.2) is 47.7 Å². The van der Waals surface area contributed by atoms with E-state index in [1.807, 2.05) is 13.0 Å². The highest BCUT2D eigenvalue weighted by Gasteiger charge is 2.32. The molecule has 2 aliphatic rings. The van der Waals surface area contributed by atoms with Gasteiger partial charge in [0.05, 0.1) is 6.10 Å². The minimum Gasteiger partial charge on any atom is -0.462 e. The van der Waals surface area contributed by atoms with Crippen LogP contribution in [0.1, 0.15) is 32.6 Å². The Hall–Kier alpha value is -1.69. The molecule has 0 aromatic heterocycles. The van der Waals surface area contributed by atoms with E-state index in [9.17, 15) is 18.3 Å². The standard InChI is InChI=1S/C16H19F3O3/c1-2-4-11-7-8-13(10-15(11)20)21-12-5-3-6-14(9-12)22-16(17,18)19/h6-11,15,20H,2-5H2,1H3. The lowest BCUT2D eigenvalue weighted by Crippen LogP contribution is -2.19. The molecule has 22 heavy (non-hydrogen) atoms. The van der Waals surface area contributed by atoms with Crippen LogP contribution in [-0.2, 0) is 9.47 Å². The second-order valence-electron chi connectivity index (χ2n) is 5.28. The molecule has 1 N–H and O–H groups in total. The third-order valence-electron chi connectivity index (χ3n) is 3.43. The highest BCUT2D eigenvalue weighted by Crippen LogP contribution is 2.29. The van der Waals surface area contributed by atoms with E-state index in [0.29, 0.717) is 24.4 Å². The van der Waals surface area contributed by atoms with Crippen LogP contribution in [0.5, 0.6) is 0 Å². The topological polar surface area (TPSA) is 38.7 Å². The smallest absolute Gasteiger partial charge is 0.462 e. The van der Waals surface area contributed by atoms with Gasteiger partial charge in [-0.1, -0.05) is 19.4 Å². The van der Waals surface area contributed by atoms with Crippen molar-refractivity contribution in [2.24, 2.45) is 5.92 Å². The molecule has 0 heterocycles. The maximum Gasteiger partial charge on any atom is 0.573 e. The van der Waals surface area contributed by atoms with Crippen LogP contribution in [0, 0.1) is 5.92 Å². The summed E-state index contributed by atoms with van der Waals surface area (Å²) in [6.07, 6.45) is 5.20. The molecule has 0 fully saturated rings. The van der Waals surface area contributed by atoms with Crippen molar-refractivity contribution < 1.29 is 27.8 Å². The van der Waals surface area contributed by atoms with E-state index in [2.05, 4.69) is 4.74 Å². The van der Waals surface area contributed by atoms with Crippen molar-refractivity contribution >= 4 is 0 Å². The van der Waals surface area contributed by atoms with Gasteiger partial charge in [-0.3, -0.25) is 0 Å². The van der Waals surface area contributed by atoms with E-state index >= 15 is 0 Å². The van der Waals surface area contributed by atoms with Crippen molar-refractivity contribution in [1.82, 2.24) is 0 Å². The molecule has 2 aliphatic carbocycles. The Morgan fingerprint density at radius 3 is 2.73 bits per heavy atom. The summed E-state index contributed by atoms with van der Waals surface area (Å²) in [5.41, 5.74) is 0. The molecule has 2 atom stereocenters. The van der Waals surface area contributed by atoms with E-state index in [4.69, 9.17) is 4.74 Å². The van der Waals surface area contributed by atoms with Gasteiger partial charge < -0.3 is 14.6 Å². The van der Waals surface area contributed by atoms with Crippen LogP contribution in [0.25, 0.3) is 0 Å². The minimum atomic E-state index is -4.71. The van der Waals surface area contributed by atoms with Gasteiger partial charge >= 0.3 is 6.36 Å². The highest BCUT2D eigenvalue weighted by molar-refractivity contribution is 5.26. The Morgan fingerprint density at radius 1 is 1.32 bits per heavy atom. The SMILES string of the molecule is CCCC1C=CC(OC2=CC(OC(F)(F)F)=CCC2)=CC1O. The Bertz CT molecular complexity index is 515. The van der Waals surface area contributed by atoms with Gasteiger partial charge in [-0.2, -0.15) is 0 Å². The molecule has 6 heteroatoms. The predicted molar refractivity (Wildman–Crippen MR) is 75.3 cm³/mol. The van der Waals surface area contributed by atoms with Gasteiger partial charge in [0.15, 0.2) is 0 Å². The monoisotopic (exact) mass is 316 g/mol. The van der Waals surface area contributed by atoms with Gasteiger partial charge in [0.2, 0.25) is 0 Å². The molecule has 2 unspecified atom stereocenters. The average Bonchev–Trinajstić information content (AvgIpc) is 2.40. The van der Waals surface area contributed by atoms with Gasteiger partial charge in [-0.25, -0.2) is 0 Å². The van der Waals surface area contributed by atoms with Gasteiger partial charge in [-0.15, -0.1) is 13.2 Å². The Balaban J connectivity index is 1.98. The van der Waals surface area contributed by atoms with Crippen LogP contribution in [0.3, 0.4) is 0 Å². The fourth-order valence-electron chi connectivity index (χ4n) is 2.43. The number of hydrogen-bond donors (Lipinski definition) is 1. The molecule has 0 aromatic rings. The maximum absolute atomic E-state index is 12.2. The quantitative estimate of drug-likeness (QED) is 0.820. The Kier molecular flexibility index (Phi) is 5.34. The fourth-order valence-corrected chi connectivity index (χ4v) is 2.43. The molecule has 2 rings (SSSR count). The van der Waals surface area contributed by atoms with Crippen molar-refractivity contribution in [3.05, 3.63) is 47.7 Å². The maximum atomic E-state index is 12.2. The van der Waals surface area contributed by atoms with E-state index in [1.165, 1.54) is 12.2 Å². The molecule has 0 amide bonds. The number of aliphatic hydroxyl groups excluding tert-OH is 1. The van der Waals surface area contributed by atoms with Crippen molar-refractivity contribution in [1.29, 1.82) is 0 Å². The number of rotatable bonds is 5. The number of ether oxygens (including phenoxy) is 2. The summed E-state index contributed by atoms with van der Waals surface area (Å²) in [4.78, 5) is 0. The summed E-state index contributed by atoms with van der Waals surface area (Å²) in [6.45, 7) is 2.04. The highest BCUT2D eigenvalue weighted by atomic mass is 19.4. The van der Waals surface area contributed by atoms with E-state index in [0.717, 1.165) is 12.8 Å². The van der Waals surface area contributed by atoms with E-state index < -0.39 is 12.5 Å². The number of alkyl halides is 3. The summed E-state index contributed by atoms with van der Waals surface area (Å²) >= 11 is 0. The molecule has 0 saturated carbocycles. The third kappa shape index (κ3) is 4.94. The zero-order chi connectivity index (χ0) is 16.2. The normalized spacial score (nSPS) is 25.2. The van der Waals surface area contributed by atoms with Crippen molar-refractivity contribution in [2.45, 2.75) is 45.1 Å². The summed E-state index contributed by atoms with van der Waals surface area (Å²) in [7, 11) is 0. The first-order chi connectivity index (χ1) is 10.4. The van der Waals surface area contributed by atoms with Crippen LogP contribution in [0.2, 0.25) is 0 Å². The lowest BCUT2D eigenvalue weighted by atomic mass is 9.93. The van der Waals surface area contributed by atoms with Crippen LogP contribution < -0.4 is 0 Å². The van der Waals surface area contributed by atoms with Crippen LogP contribution >= 0.6 is 0 Å². The largest absolute Gasteiger partial charge is 0.573 e. The summed E-state index contributed by atoms with van der Waals surface area (Å²) in [6, 6.07) is 0. The molecule has 0 spiro atoms. The number of halogens is 3. The van der Waals surface area contributed by atoms with Crippen LogP contribution in [-0.4, -0.2) is 17.6 Å². The molecule has 0 aliphatic heterocycles. The predicted octanol–water partition coefficient (Wildman–Crippen LogP) is 4.33. The second kappa shape index (κ2) is 7.05. The molecular formula is C16H19F3O3. The number of aliphatic hydroxyl groups is 1. The Labute approximate surface area is 127 Å². The Morgan fingerprint density at radius 2 is 2.09 bits per heavy atom. The van der Waals surface area contributed by atoms with Gasteiger partial charge in [0.1, 0.15) is 17.3 Å². The minimum absolute atomic E-state index is 0.0571. The molecule has 0 bridgehead atoms. The molecule has 0 aromatic carbocycles. The van der Waals surface area contributed by atoms with Crippen molar-refractivity contribution in [3.8, 4) is 0 Å². The summed E-state index contributed by atoms with van der Waals surface area (Å²) < 4.78 is 46.1. The third-order valence-corrected chi connectivity index (χ3v) is 3.43. The second-order valence-corrected chi connectivity index (χ2v) is 5.28. The zero-order valence-corrected chi connectivity index (χ0v) is 12.3. The summed E-state index contributed by atoms with van der Waals surface area (Å²) in [5, 5.41) is 9.99. The molecule has 0 radical (unpaired) electrons. The molecule has 3 nitrogen and oxygen atoms in total. The number of hydrogen-bond acceptors (Lipinski definition) is 3. The first-order valence-corrected chi connectivity index (χ1v) is 7.30. The lowest BCUT2D eigenvalue weighted by Gasteiger charge is -2.23. The zero-order valence-electron chi connectivity index (χ0n) is 12.3. The fraction of sp³-hybridized carbons (Fsp3) is 0.500. The summed E-state index contributed by atoms with van der Waals surface area (Å²) in [5.74, 6) is 0.624. The molecule has 122 valence electrons. The lowest BCUT2D eigenvalue weighted by molar-refractivity contribution is -0.303. The van der Waals surface area contributed by atoms with E-state index in [1.54, 1.807) is 12.2 Å². The van der Waals surface area contributed by atoms with Gasteiger partial charge in [0.25, 0.3) is 0 Å². The van der Waals surface area contributed by atoms with E-state index in [-0.39, 0.29) is 11.7 Å². The molecule has 0 saturated heterocycles. The first kappa shape index (κ1) is 16.7. The number of allylic oxidation sites excluding steroid dienone is 4. The van der Waals surface area contributed by atoms with Gasteiger partial charge in [0, 0.05) is 18.4 Å². The van der Waals surface area contributed by atoms with Crippen molar-refractivity contribution in [2.75, 3.05) is 0 Å². The average molecular weight is 316 g/mol. The first-order valence-electron chi connectivity index (χ1n) is 7.30. The van der Waals surface area contributed by atoms with Gasteiger partial charge in [-0.05, 0) is 31.1 Å². The van der Waals surface area contributed by atoms with Crippen molar-refractivity contribution in [3.63, 3.8) is 0 Å². The molecular weight excluding hydrogens is 297 g/mol. The van der Waals surface area contributed by atoms with Crippen LogP contribution in [0.4, 0.5) is 13.2 Å².